The minimum absolute atomic E-state index is 0.0229. The van der Waals surface area contributed by atoms with Crippen molar-refractivity contribution in [1.29, 1.82) is 0 Å². The van der Waals surface area contributed by atoms with Gasteiger partial charge in [-0.1, -0.05) is 11.6 Å². The summed E-state index contributed by atoms with van der Waals surface area (Å²) < 4.78 is 60.4. The molecule has 0 atom stereocenters. The van der Waals surface area contributed by atoms with Gasteiger partial charge in [-0.25, -0.2) is 0 Å². The molecule has 1 heterocycles. The molecule has 0 radical (unpaired) electrons. The molecule has 0 saturated heterocycles. The van der Waals surface area contributed by atoms with Crippen LogP contribution in [-0.2, 0) is 28.5 Å². The van der Waals surface area contributed by atoms with Crippen LogP contribution in [0.5, 0.6) is 11.5 Å². The van der Waals surface area contributed by atoms with Crippen LogP contribution in [0.4, 0.5) is 0 Å². The summed E-state index contributed by atoms with van der Waals surface area (Å²) in [6.45, 7) is 4.63. The number of rotatable bonds is 17. The highest BCUT2D eigenvalue weighted by atomic mass is 127. The summed E-state index contributed by atoms with van der Waals surface area (Å²) in [5.41, 5.74) is 0.821. The van der Waals surface area contributed by atoms with Crippen molar-refractivity contribution in [1.82, 2.24) is 0 Å². The van der Waals surface area contributed by atoms with Gasteiger partial charge in [-0.15, -0.1) is 0 Å². The standard InChI is InChI=1S/C26H30ClIO10S/c1-3-35-26-17-25-20(15-22(26)28)23(29)16-24(38-25)19-5-4-18(14-21(19)27)36-12-10-33-8-6-32-7-9-34-11-13-37-39(2,30)31/h4-5,14-17H,3,6-13H2,1-2H3. The minimum atomic E-state index is -3.44. The Morgan fingerprint density at radius 1 is 0.872 bits per heavy atom. The normalized spacial score (nSPS) is 11.7. The van der Waals surface area contributed by atoms with Crippen LogP contribution >= 0.6 is 34.2 Å². The Balaban J connectivity index is 1.40. The summed E-state index contributed by atoms with van der Waals surface area (Å²) in [4.78, 5) is 12.7. The van der Waals surface area contributed by atoms with Gasteiger partial charge in [0.2, 0.25) is 0 Å². The Morgan fingerprint density at radius 2 is 1.51 bits per heavy atom. The summed E-state index contributed by atoms with van der Waals surface area (Å²) in [5, 5.41) is 0.850. The van der Waals surface area contributed by atoms with Crippen molar-refractivity contribution in [3.05, 3.63) is 55.2 Å². The number of hydrogen-bond acceptors (Lipinski definition) is 10. The lowest BCUT2D eigenvalue weighted by Crippen LogP contribution is -2.14. The lowest BCUT2D eigenvalue weighted by molar-refractivity contribution is 0.00532. The van der Waals surface area contributed by atoms with E-state index in [0.717, 1.165) is 9.83 Å². The molecule has 0 unspecified atom stereocenters. The molecular formula is C26H30ClIO10S. The zero-order chi connectivity index (χ0) is 28.3. The van der Waals surface area contributed by atoms with E-state index >= 15 is 0 Å². The first-order chi connectivity index (χ1) is 18.7. The summed E-state index contributed by atoms with van der Waals surface area (Å²) >= 11 is 8.61. The van der Waals surface area contributed by atoms with E-state index in [9.17, 15) is 13.2 Å². The molecule has 3 aromatic rings. The number of halogens is 2. The zero-order valence-electron chi connectivity index (χ0n) is 21.6. The lowest BCUT2D eigenvalue weighted by Gasteiger charge is -2.11. The molecule has 1 aromatic heterocycles. The van der Waals surface area contributed by atoms with E-state index in [0.29, 0.717) is 85.1 Å². The molecule has 0 bridgehead atoms. The van der Waals surface area contributed by atoms with Gasteiger partial charge in [-0.3, -0.25) is 8.98 Å². The third kappa shape index (κ3) is 10.5. The summed E-state index contributed by atoms with van der Waals surface area (Å²) in [6, 6.07) is 10.0. The van der Waals surface area contributed by atoms with Crippen LogP contribution in [0, 0.1) is 3.57 Å². The van der Waals surface area contributed by atoms with Gasteiger partial charge in [-0.05, 0) is 53.8 Å². The van der Waals surface area contributed by atoms with E-state index in [-0.39, 0.29) is 18.6 Å². The average molecular weight is 697 g/mol. The fraction of sp³-hybridized carbons (Fsp3) is 0.423. The first-order valence-corrected chi connectivity index (χ1v) is 15.4. The third-order valence-corrected chi connectivity index (χ3v) is 6.80. The van der Waals surface area contributed by atoms with Crippen molar-refractivity contribution in [3.8, 4) is 22.8 Å². The second kappa shape index (κ2) is 15.7. The molecule has 0 amide bonds. The first kappa shape index (κ1) is 31.6. The number of benzene rings is 2. The SMILES string of the molecule is CCOc1cc2oc(-c3ccc(OCCOCCOCCOCCOS(C)(=O)=O)cc3Cl)cc(=O)c2cc1I. The van der Waals surface area contributed by atoms with Gasteiger partial charge in [0, 0.05) is 17.7 Å². The van der Waals surface area contributed by atoms with Crippen LogP contribution < -0.4 is 14.9 Å². The molecule has 0 saturated carbocycles. The second-order valence-corrected chi connectivity index (χ2v) is 11.3. The second-order valence-electron chi connectivity index (χ2n) is 8.04. The van der Waals surface area contributed by atoms with Crippen molar-refractivity contribution in [2.24, 2.45) is 0 Å². The predicted octanol–water partition coefficient (Wildman–Crippen LogP) is 4.52. The van der Waals surface area contributed by atoms with Gasteiger partial charge in [-0.2, -0.15) is 8.42 Å². The quantitative estimate of drug-likeness (QED) is 0.113. The maximum Gasteiger partial charge on any atom is 0.264 e. The monoisotopic (exact) mass is 696 g/mol. The molecule has 13 heteroatoms. The van der Waals surface area contributed by atoms with Crippen molar-refractivity contribution in [3.63, 3.8) is 0 Å². The van der Waals surface area contributed by atoms with Gasteiger partial charge in [0.1, 0.15) is 29.4 Å². The van der Waals surface area contributed by atoms with Gasteiger partial charge in [0.15, 0.2) is 5.43 Å². The topological polar surface area (TPSA) is 120 Å². The van der Waals surface area contributed by atoms with E-state index in [1.807, 2.05) is 6.92 Å². The molecule has 10 nitrogen and oxygen atoms in total. The number of ether oxygens (including phenoxy) is 5. The maximum absolute atomic E-state index is 12.7. The molecule has 0 aliphatic rings. The molecule has 2 aromatic carbocycles. The zero-order valence-corrected chi connectivity index (χ0v) is 25.3. The number of fused-ring (bicyclic) bond motifs is 1. The van der Waals surface area contributed by atoms with Gasteiger partial charge < -0.3 is 28.1 Å². The van der Waals surface area contributed by atoms with Crippen LogP contribution in [0.1, 0.15) is 6.92 Å². The van der Waals surface area contributed by atoms with E-state index < -0.39 is 10.1 Å². The van der Waals surface area contributed by atoms with E-state index in [1.165, 1.54) is 6.07 Å². The molecule has 39 heavy (non-hydrogen) atoms. The Kier molecular flexibility index (Phi) is 12.8. The number of hydrogen-bond donors (Lipinski definition) is 0. The van der Waals surface area contributed by atoms with Crippen LogP contribution in [-0.4, -0.2) is 74.1 Å². The van der Waals surface area contributed by atoms with Gasteiger partial charge >= 0.3 is 0 Å². The Bertz CT molecular complexity index is 1390. The van der Waals surface area contributed by atoms with Crippen molar-refractivity contribution < 1.29 is 40.7 Å². The van der Waals surface area contributed by atoms with Crippen molar-refractivity contribution in [2.75, 3.05) is 65.7 Å². The van der Waals surface area contributed by atoms with E-state index in [4.69, 9.17) is 39.7 Å². The molecule has 0 N–H and O–H groups in total. The summed E-state index contributed by atoms with van der Waals surface area (Å²) in [7, 11) is -3.44. The highest BCUT2D eigenvalue weighted by molar-refractivity contribution is 14.1. The largest absolute Gasteiger partial charge is 0.493 e. The highest BCUT2D eigenvalue weighted by Gasteiger charge is 2.14. The van der Waals surface area contributed by atoms with Crippen LogP contribution in [0.2, 0.25) is 5.02 Å². The Labute approximate surface area is 245 Å². The highest BCUT2D eigenvalue weighted by Crippen LogP contribution is 2.33. The van der Waals surface area contributed by atoms with Crippen LogP contribution in [0.25, 0.3) is 22.3 Å². The van der Waals surface area contributed by atoms with Gasteiger partial charge in [0.25, 0.3) is 10.1 Å². The predicted molar refractivity (Wildman–Crippen MR) is 156 cm³/mol. The molecule has 214 valence electrons. The van der Waals surface area contributed by atoms with Crippen molar-refractivity contribution >= 4 is 55.3 Å². The molecule has 3 rings (SSSR count). The summed E-state index contributed by atoms with van der Waals surface area (Å²) in [6.07, 6.45) is 0.986. The fourth-order valence-electron chi connectivity index (χ4n) is 3.35. The maximum atomic E-state index is 12.7. The average Bonchev–Trinajstić information content (AvgIpc) is 2.87. The van der Waals surface area contributed by atoms with Gasteiger partial charge in [0.05, 0.1) is 73.1 Å². The molecule has 0 aliphatic heterocycles. The molecule has 0 spiro atoms. The summed E-state index contributed by atoms with van der Waals surface area (Å²) in [5.74, 6) is 1.55. The molecular weight excluding hydrogens is 667 g/mol. The van der Waals surface area contributed by atoms with Crippen LogP contribution in [0.3, 0.4) is 0 Å². The Morgan fingerprint density at radius 3 is 2.13 bits per heavy atom. The van der Waals surface area contributed by atoms with Crippen LogP contribution in [0.15, 0.2) is 45.6 Å². The molecule has 0 fully saturated rings. The third-order valence-electron chi connectivity index (χ3n) is 5.05. The molecule has 0 aliphatic carbocycles. The minimum Gasteiger partial charge on any atom is -0.493 e. The Hall–Kier alpha value is -1.94. The van der Waals surface area contributed by atoms with E-state index in [2.05, 4.69) is 26.8 Å². The smallest absolute Gasteiger partial charge is 0.264 e. The van der Waals surface area contributed by atoms with E-state index in [1.54, 1.807) is 30.3 Å². The first-order valence-electron chi connectivity index (χ1n) is 12.1. The lowest BCUT2D eigenvalue weighted by atomic mass is 10.1. The van der Waals surface area contributed by atoms with Crippen molar-refractivity contribution in [2.45, 2.75) is 6.92 Å². The fourth-order valence-corrected chi connectivity index (χ4v) is 4.60.